The van der Waals surface area contributed by atoms with E-state index in [9.17, 15) is 9.59 Å². The maximum atomic E-state index is 12.9. The van der Waals surface area contributed by atoms with E-state index in [1.807, 2.05) is 26.0 Å². The minimum Gasteiger partial charge on any atom is -0.457 e. The highest BCUT2D eigenvalue weighted by atomic mass is 35.5. The number of carbonyl (C=O) groups excluding carboxylic acids is 2. The highest BCUT2D eigenvalue weighted by Crippen LogP contribution is 2.38. The predicted molar refractivity (Wildman–Crippen MR) is 160 cm³/mol. The van der Waals surface area contributed by atoms with Crippen LogP contribution in [0.1, 0.15) is 94.4 Å². The van der Waals surface area contributed by atoms with Crippen LogP contribution in [0.4, 0.5) is 0 Å². The van der Waals surface area contributed by atoms with Crippen LogP contribution in [0, 0.1) is 35.0 Å². The Labute approximate surface area is 242 Å². The maximum absolute atomic E-state index is 12.9. The fraction of sp³-hybridized carbons (Fsp3) is 0.758. The smallest absolute Gasteiger partial charge is 0.321 e. The van der Waals surface area contributed by atoms with Gasteiger partial charge in [0.15, 0.2) is 0 Å². The quantitative estimate of drug-likeness (QED) is 0.0882. The number of epoxide rings is 1. The topological polar surface area (TPSA) is 65.1 Å². The summed E-state index contributed by atoms with van der Waals surface area (Å²) in [6.45, 7) is 19.4. The van der Waals surface area contributed by atoms with Crippen molar-refractivity contribution in [3.05, 3.63) is 36.0 Å². The summed E-state index contributed by atoms with van der Waals surface area (Å²) in [6.07, 6.45) is 14.4. The molecule has 0 aromatic rings. The molecule has 0 saturated carbocycles. The number of rotatable bonds is 10. The van der Waals surface area contributed by atoms with E-state index < -0.39 is 18.2 Å². The van der Waals surface area contributed by atoms with Gasteiger partial charge in [0.1, 0.15) is 18.1 Å². The molecule has 1 saturated heterocycles. The van der Waals surface area contributed by atoms with E-state index in [0.29, 0.717) is 36.4 Å². The van der Waals surface area contributed by atoms with Crippen LogP contribution in [0.25, 0.3) is 0 Å². The van der Waals surface area contributed by atoms with Crippen molar-refractivity contribution in [3.63, 3.8) is 0 Å². The van der Waals surface area contributed by atoms with Gasteiger partial charge in [-0.2, -0.15) is 0 Å². The van der Waals surface area contributed by atoms with Gasteiger partial charge in [-0.15, -0.1) is 11.6 Å². The molecule has 9 atom stereocenters. The van der Waals surface area contributed by atoms with Gasteiger partial charge in [0.25, 0.3) is 0 Å². The zero-order valence-corrected chi connectivity index (χ0v) is 26.5. The summed E-state index contributed by atoms with van der Waals surface area (Å²) in [5, 5.41) is 0. The Morgan fingerprint density at radius 2 is 1.92 bits per heavy atom. The van der Waals surface area contributed by atoms with Crippen molar-refractivity contribution in [1.29, 1.82) is 0 Å². The molecule has 5 nitrogen and oxygen atoms in total. The van der Waals surface area contributed by atoms with E-state index in [1.165, 1.54) is 6.42 Å². The van der Waals surface area contributed by atoms with Crippen molar-refractivity contribution in [3.8, 4) is 0 Å². The second kappa shape index (κ2) is 15.4. The molecule has 0 radical (unpaired) electrons. The molecular weight excluding hydrogens is 512 g/mol. The van der Waals surface area contributed by atoms with Gasteiger partial charge in [-0.1, -0.05) is 86.1 Å². The second-order valence-electron chi connectivity index (χ2n) is 12.9. The van der Waals surface area contributed by atoms with Crippen LogP contribution in [-0.4, -0.2) is 42.2 Å². The number of cyclic esters (lactones) is 1. The van der Waals surface area contributed by atoms with Crippen molar-refractivity contribution in [2.24, 2.45) is 35.0 Å². The number of ether oxygens (including phenoxy) is 3. The third-order valence-corrected chi connectivity index (χ3v) is 9.01. The van der Waals surface area contributed by atoms with E-state index in [4.69, 9.17) is 25.8 Å². The molecule has 0 aromatic carbocycles. The van der Waals surface area contributed by atoms with Crippen LogP contribution in [0.2, 0.25) is 0 Å². The van der Waals surface area contributed by atoms with Crippen LogP contribution in [0.3, 0.4) is 0 Å². The Hall–Kier alpha value is -1.59. The lowest BCUT2D eigenvalue weighted by molar-refractivity contribution is -0.150. The molecule has 39 heavy (non-hydrogen) atoms. The Balaban J connectivity index is 2.14. The Morgan fingerprint density at radius 3 is 2.56 bits per heavy atom. The highest BCUT2D eigenvalue weighted by molar-refractivity contribution is 6.26. The summed E-state index contributed by atoms with van der Waals surface area (Å²) in [7, 11) is 0. The molecule has 9 unspecified atom stereocenters. The molecule has 2 aliphatic rings. The molecule has 6 heteroatoms. The Kier molecular flexibility index (Phi) is 13.3. The number of carbonyl (C=O) groups is 2. The van der Waals surface area contributed by atoms with Crippen LogP contribution >= 0.6 is 11.6 Å². The number of hydrogen-bond acceptors (Lipinski definition) is 5. The van der Waals surface area contributed by atoms with Gasteiger partial charge in [0.2, 0.25) is 0 Å². The largest absolute Gasteiger partial charge is 0.457 e. The van der Waals surface area contributed by atoms with E-state index in [0.717, 1.165) is 24.8 Å². The van der Waals surface area contributed by atoms with Crippen LogP contribution in [-0.2, 0) is 23.8 Å². The average molecular weight is 565 g/mol. The fourth-order valence-corrected chi connectivity index (χ4v) is 5.47. The number of hydrogen-bond donors (Lipinski definition) is 0. The number of halogens is 1. The molecule has 0 spiro atoms. The van der Waals surface area contributed by atoms with Crippen LogP contribution in [0.5, 0.6) is 0 Å². The van der Waals surface area contributed by atoms with Crippen LogP contribution < -0.4 is 0 Å². The number of allylic oxidation sites excluding steroid dienone is 3. The fourth-order valence-electron chi connectivity index (χ4n) is 5.40. The lowest BCUT2D eigenvalue weighted by Gasteiger charge is -2.34. The molecule has 2 heterocycles. The molecule has 0 aromatic heterocycles. The molecule has 2 rings (SSSR count). The van der Waals surface area contributed by atoms with Crippen molar-refractivity contribution in [2.75, 3.05) is 5.88 Å². The maximum Gasteiger partial charge on any atom is 0.321 e. The molecule has 2 aliphatic heterocycles. The van der Waals surface area contributed by atoms with E-state index >= 15 is 0 Å². The number of esters is 2. The van der Waals surface area contributed by atoms with Gasteiger partial charge in [0, 0.05) is 17.8 Å². The van der Waals surface area contributed by atoms with Crippen molar-refractivity contribution in [1.82, 2.24) is 0 Å². The van der Waals surface area contributed by atoms with Crippen molar-refractivity contribution in [2.45, 2.75) is 119 Å². The van der Waals surface area contributed by atoms with Gasteiger partial charge < -0.3 is 14.2 Å². The number of alkyl halides is 1. The minimum atomic E-state index is -0.428. The lowest BCUT2D eigenvalue weighted by Crippen LogP contribution is -2.34. The molecule has 0 N–H and O–H groups in total. The monoisotopic (exact) mass is 564 g/mol. The average Bonchev–Trinajstić information content (AvgIpc) is 3.65. The summed E-state index contributed by atoms with van der Waals surface area (Å²) in [4.78, 5) is 24.9. The summed E-state index contributed by atoms with van der Waals surface area (Å²) >= 11 is 5.74. The molecule has 222 valence electrons. The van der Waals surface area contributed by atoms with Crippen LogP contribution in [0.15, 0.2) is 36.0 Å². The molecule has 1 fully saturated rings. The zero-order chi connectivity index (χ0) is 29.3. The lowest BCUT2D eigenvalue weighted by atomic mass is 9.78. The van der Waals surface area contributed by atoms with Gasteiger partial charge in [0.05, 0.1) is 12.2 Å². The SMILES string of the molecule is CCC(C)C(C)C1OC1CC(C)/C=C/C=C(\C)C1OC(=O)CC(C)CCC(C)(C)C(OC(=O)CCl)/C=C\C1C. The Bertz CT molecular complexity index is 891. The van der Waals surface area contributed by atoms with E-state index in [1.54, 1.807) is 0 Å². The van der Waals surface area contributed by atoms with E-state index in [2.05, 4.69) is 66.7 Å². The van der Waals surface area contributed by atoms with Gasteiger partial charge in [-0.05, 0) is 61.5 Å². The molecule has 0 aliphatic carbocycles. The second-order valence-corrected chi connectivity index (χ2v) is 13.2. The van der Waals surface area contributed by atoms with Gasteiger partial charge in [-0.3, -0.25) is 9.59 Å². The molecule has 0 bridgehead atoms. The summed E-state index contributed by atoms with van der Waals surface area (Å²) in [5.74, 6) is 0.960. The Morgan fingerprint density at radius 1 is 1.23 bits per heavy atom. The minimum absolute atomic E-state index is 0.0959. The zero-order valence-electron chi connectivity index (χ0n) is 25.7. The van der Waals surface area contributed by atoms with Gasteiger partial charge >= 0.3 is 11.9 Å². The summed E-state index contributed by atoms with van der Waals surface area (Å²) in [6, 6.07) is 0. The van der Waals surface area contributed by atoms with Crippen molar-refractivity contribution < 1.29 is 23.8 Å². The third-order valence-electron chi connectivity index (χ3n) is 8.79. The highest BCUT2D eigenvalue weighted by Gasteiger charge is 2.44. The standard InChI is InChI=1S/C33H53ClO5/c1-10-23(4)26(7)32-27(37-32)18-21(2)12-11-13-24(5)31-25(6)14-15-28(38-30(36)20-34)33(8,9)17-16-22(3)19-29(35)39-31/h11-15,21-23,25-28,31-32H,10,16-20H2,1-9H3/b12-11+,15-14-,24-13+. The summed E-state index contributed by atoms with van der Waals surface area (Å²) < 4.78 is 17.7. The first-order valence-corrected chi connectivity index (χ1v) is 15.5. The molecule has 0 amide bonds. The first-order valence-electron chi connectivity index (χ1n) is 14.9. The first-order chi connectivity index (χ1) is 18.3. The normalized spacial score (nSPS) is 33.3. The van der Waals surface area contributed by atoms with Crippen molar-refractivity contribution >= 4 is 23.5 Å². The summed E-state index contributed by atoms with van der Waals surface area (Å²) in [5.41, 5.74) is 0.693. The third kappa shape index (κ3) is 10.7. The predicted octanol–water partition coefficient (Wildman–Crippen LogP) is 8.07. The first kappa shape index (κ1) is 33.6. The molecular formula is C33H53ClO5. The van der Waals surface area contributed by atoms with Gasteiger partial charge in [-0.25, -0.2) is 0 Å². The van der Waals surface area contributed by atoms with E-state index in [-0.39, 0.29) is 29.1 Å².